The molecule has 0 aromatic carbocycles. The van der Waals surface area contributed by atoms with Crippen LogP contribution in [0.3, 0.4) is 0 Å². The molecule has 0 saturated carbocycles. The van der Waals surface area contributed by atoms with Crippen molar-refractivity contribution in [2.24, 2.45) is 0 Å². The fourth-order valence-electron chi connectivity index (χ4n) is 5.36. The van der Waals surface area contributed by atoms with Crippen LogP contribution in [0, 0.1) is 27.7 Å². The number of rotatable bonds is 9. The number of hydrogen-bond acceptors (Lipinski definition) is 6. The number of pyridine rings is 6. The summed E-state index contributed by atoms with van der Waals surface area (Å²) in [5.41, 5.74) is 12.1. The second-order valence-electron chi connectivity index (χ2n) is 11.5. The molecule has 0 unspecified atom stereocenters. The molecule has 0 spiro atoms. The third kappa shape index (κ3) is 6.76. The van der Waals surface area contributed by atoms with Gasteiger partial charge in [-0.3, -0.25) is 29.9 Å². The molecule has 6 heterocycles. The Labute approximate surface area is 259 Å². The van der Waals surface area contributed by atoms with Crippen LogP contribution in [0.5, 0.6) is 0 Å². The summed E-state index contributed by atoms with van der Waals surface area (Å²) in [6, 6.07) is 29.2. The summed E-state index contributed by atoms with van der Waals surface area (Å²) in [6.07, 6.45) is 9.15. The number of nitrogens with zero attached hydrogens (tertiary/aromatic N) is 6. The minimum Gasteiger partial charge on any atom is -0.260 e. The lowest BCUT2D eigenvalue weighted by molar-refractivity contribution is 0.791. The van der Waals surface area contributed by atoms with Gasteiger partial charge >= 0.3 is 0 Å². The Bertz CT molecular complexity index is 1600. The van der Waals surface area contributed by atoms with E-state index in [2.05, 4.69) is 113 Å². The van der Waals surface area contributed by atoms with Crippen LogP contribution in [0.4, 0.5) is 0 Å². The molecule has 0 bridgehead atoms. The van der Waals surface area contributed by atoms with Crippen molar-refractivity contribution in [3.05, 3.63) is 178 Å². The van der Waals surface area contributed by atoms with Gasteiger partial charge in [-0.25, -0.2) is 0 Å². The quantitative estimate of drug-likeness (QED) is 0.178. The summed E-state index contributed by atoms with van der Waals surface area (Å²) in [6.45, 7) is 8.20. The molecule has 6 aromatic heterocycles. The zero-order chi connectivity index (χ0) is 30.5. The van der Waals surface area contributed by atoms with Crippen molar-refractivity contribution in [1.29, 1.82) is 0 Å². The minimum atomic E-state index is -0.151. The van der Waals surface area contributed by atoms with Gasteiger partial charge < -0.3 is 0 Å². The van der Waals surface area contributed by atoms with Crippen molar-refractivity contribution in [2.75, 3.05) is 0 Å². The smallest absolute Gasteiger partial charge is 0.0858 e. The fraction of sp³-hybridized carbons (Fsp3) is 0.211. The lowest BCUT2D eigenvalue weighted by atomic mass is 9.94. The molecule has 6 heteroatoms. The first-order chi connectivity index (χ1) is 21.4. The van der Waals surface area contributed by atoms with Gasteiger partial charge in [0.15, 0.2) is 0 Å². The van der Waals surface area contributed by atoms with Gasteiger partial charge in [0.1, 0.15) is 0 Å². The van der Waals surface area contributed by atoms with Crippen molar-refractivity contribution in [3.8, 4) is 0 Å². The molecular formula is C38H36N6. The largest absolute Gasteiger partial charge is 0.260 e. The van der Waals surface area contributed by atoms with E-state index in [0.29, 0.717) is 0 Å². The zero-order valence-corrected chi connectivity index (χ0v) is 25.6. The molecule has 6 rings (SSSR count). The van der Waals surface area contributed by atoms with E-state index in [4.69, 9.17) is 29.9 Å². The van der Waals surface area contributed by atoms with Gasteiger partial charge in [0.05, 0.1) is 46.0 Å². The second kappa shape index (κ2) is 13.0. The average molecular weight is 577 g/mol. The molecule has 218 valence electrons. The summed E-state index contributed by atoms with van der Waals surface area (Å²) in [4.78, 5) is 29.3. The molecule has 0 saturated heterocycles. The topological polar surface area (TPSA) is 77.3 Å². The second-order valence-corrected chi connectivity index (χ2v) is 11.5. The third-order valence-electron chi connectivity index (χ3n) is 7.81. The summed E-state index contributed by atoms with van der Waals surface area (Å²) in [5, 5.41) is 0. The predicted molar refractivity (Wildman–Crippen MR) is 174 cm³/mol. The zero-order valence-electron chi connectivity index (χ0n) is 25.6. The van der Waals surface area contributed by atoms with E-state index in [1.54, 1.807) is 0 Å². The Balaban J connectivity index is 1.27. The van der Waals surface area contributed by atoms with Crippen LogP contribution in [0.2, 0.25) is 0 Å². The maximum Gasteiger partial charge on any atom is 0.0858 e. The molecule has 0 fully saturated rings. The lowest BCUT2D eigenvalue weighted by Gasteiger charge is -2.18. The van der Waals surface area contributed by atoms with Gasteiger partial charge in [-0.2, -0.15) is 0 Å². The molecule has 44 heavy (non-hydrogen) atoms. The summed E-state index contributed by atoms with van der Waals surface area (Å²) >= 11 is 0. The van der Waals surface area contributed by atoms with Crippen molar-refractivity contribution in [2.45, 2.75) is 52.4 Å². The molecule has 0 atom stereocenters. The van der Waals surface area contributed by atoms with Crippen LogP contribution in [-0.2, 0) is 12.8 Å². The maximum atomic E-state index is 5.13. The Hall–Kier alpha value is -5.10. The van der Waals surface area contributed by atoms with E-state index in [1.807, 2.05) is 24.8 Å². The van der Waals surface area contributed by atoms with Crippen LogP contribution in [0.15, 0.2) is 110 Å². The maximum absolute atomic E-state index is 5.13. The summed E-state index contributed by atoms with van der Waals surface area (Å²) in [5.74, 6) is -0.301. The fourth-order valence-corrected chi connectivity index (χ4v) is 5.36. The van der Waals surface area contributed by atoms with Crippen molar-refractivity contribution >= 4 is 0 Å². The molecule has 0 N–H and O–H groups in total. The van der Waals surface area contributed by atoms with E-state index < -0.39 is 0 Å². The molecular weight excluding hydrogens is 540 g/mol. The monoisotopic (exact) mass is 576 g/mol. The Kier molecular flexibility index (Phi) is 8.59. The molecule has 0 aliphatic heterocycles. The molecule has 6 aromatic rings. The Morgan fingerprint density at radius 3 is 0.977 bits per heavy atom. The van der Waals surface area contributed by atoms with Crippen LogP contribution in [0.1, 0.15) is 79.6 Å². The highest BCUT2D eigenvalue weighted by Crippen LogP contribution is 2.30. The predicted octanol–water partition coefficient (Wildman–Crippen LogP) is 7.44. The highest BCUT2D eigenvalue weighted by atomic mass is 14.8. The third-order valence-corrected chi connectivity index (χ3v) is 7.81. The number of aryl methyl sites for hydroxylation is 6. The van der Waals surface area contributed by atoms with Crippen LogP contribution in [-0.4, -0.2) is 29.9 Å². The molecule has 6 nitrogen and oxygen atoms in total. The van der Waals surface area contributed by atoms with Gasteiger partial charge in [-0.05, 0) is 111 Å². The highest BCUT2D eigenvalue weighted by Gasteiger charge is 2.23. The summed E-state index contributed by atoms with van der Waals surface area (Å²) in [7, 11) is 0. The average Bonchev–Trinajstić information content (AvgIpc) is 3.04. The highest BCUT2D eigenvalue weighted by molar-refractivity contribution is 5.37. The van der Waals surface area contributed by atoms with Gasteiger partial charge in [0.25, 0.3) is 0 Å². The van der Waals surface area contributed by atoms with Gasteiger partial charge in [0.2, 0.25) is 0 Å². The van der Waals surface area contributed by atoms with Crippen LogP contribution in [0.25, 0.3) is 0 Å². The Morgan fingerprint density at radius 2 is 0.705 bits per heavy atom. The van der Waals surface area contributed by atoms with Crippen molar-refractivity contribution in [3.63, 3.8) is 0 Å². The minimum absolute atomic E-state index is 0.151. The molecule has 0 radical (unpaired) electrons. The number of hydrogen-bond donors (Lipinski definition) is 0. The number of aromatic nitrogens is 6. The summed E-state index contributed by atoms with van der Waals surface area (Å²) < 4.78 is 0. The van der Waals surface area contributed by atoms with Crippen LogP contribution < -0.4 is 0 Å². The lowest BCUT2D eigenvalue weighted by Crippen LogP contribution is -2.12. The SMILES string of the molecule is Cc1ccc(C(c2ccc(C)cn2)c2cccc(CCc3cccc(C(c4ccc(C)cn4)c4ccc(C)cn4)n3)n2)nc1. The van der Waals surface area contributed by atoms with Gasteiger partial charge in [0, 0.05) is 36.2 Å². The first-order valence-corrected chi connectivity index (χ1v) is 15.0. The van der Waals surface area contributed by atoms with Gasteiger partial charge in [-0.1, -0.05) is 36.4 Å². The first-order valence-electron chi connectivity index (χ1n) is 15.0. The normalized spacial score (nSPS) is 11.3. The van der Waals surface area contributed by atoms with Crippen molar-refractivity contribution < 1.29 is 0 Å². The van der Waals surface area contributed by atoms with Crippen LogP contribution >= 0.6 is 0 Å². The van der Waals surface area contributed by atoms with E-state index in [1.165, 1.54) is 0 Å². The first kappa shape index (κ1) is 29.0. The molecule has 0 aliphatic carbocycles. The van der Waals surface area contributed by atoms with E-state index in [-0.39, 0.29) is 11.8 Å². The van der Waals surface area contributed by atoms with E-state index in [9.17, 15) is 0 Å². The van der Waals surface area contributed by atoms with E-state index in [0.717, 1.165) is 80.6 Å². The van der Waals surface area contributed by atoms with Crippen molar-refractivity contribution in [1.82, 2.24) is 29.9 Å². The van der Waals surface area contributed by atoms with Gasteiger partial charge in [-0.15, -0.1) is 0 Å². The Morgan fingerprint density at radius 1 is 0.386 bits per heavy atom. The standard InChI is InChI=1S/C38H36N6/c1-25-11-17-31(39-21-25)37(32-18-12-26(2)22-40-32)35-9-5-7-29(43-35)15-16-30-8-6-10-36(44-30)38(33-19-13-27(3)23-41-33)34-20-14-28(4)24-42-34/h5-14,17-24,37-38H,15-16H2,1-4H3. The molecule has 0 amide bonds. The molecule has 0 aliphatic rings. The van der Waals surface area contributed by atoms with E-state index >= 15 is 0 Å².